The van der Waals surface area contributed by atoms with E-state index >= 15 is 0 Å². The second-order valence-electron chi connectivity index (χ2n) is 3.45. The lowest BCUT2D eigenvalue weighted by Crippen LogP contribution is -2.09. The summed E-state index contributed by atoms with van der Waals surface area (Å²) in [6, 6.07) is 12.1. The highest BCUT2D eigenvalue weighted by Gasteiger charge is 2.17. The molecular formula is C12H15NO. The molecule has 2 heteroatoms. The highest BCUT2D eigenvalue weighted by atomic mass is 16.3. The van der Waals surface area contributed by atoms with Crippen LogP contribution in [-0.4, -0.2) is 11.7 Å². The van der Waals surface area contributed by atoms with Crippen molar-refractivity contribution in [1.29, 1.82) is 5.26 Å². The molecule has 0 heterocycles. The van der Waals surface area contributed by atoms with Crippen molar-refractivity contribution in [3.05, 3.63) is 35.9 Å². The Balaban J connectivity index is 2.84. The number of hydrogen-bond acceptors (Lipinski definition) is 2. The molecule has 0 spiro atoms. The van der Waals surface area contributed by atoms with Gasteiger partial charge in [-0.25, -0.2) is 0 Å². The molecule has 0 saturated heterocycles. The van der Waals surface area contributed by atoms with E-state index in [4.69, 9.17) is 10.4 Å². The molecule has 74 valence electrons. The molecule has 0 saturated carbocycles. The summed E-state index contributed by atoms with van der Waals surface area (Å²) in [5, 5.41) is 17.8. The molecule has 1 rings (SSSR count). The van der Waals surface area contributed by atoms with Crippen molar-refractivity contribution in [2.75, 3.05) is 6.61 Å². The van der Waals surface area contributed by atoms with Crippen LogP contribution in [0.15, 0.2) is 30.3 Å². The number of aliphatic hydroxyl groups excluding tert-OH is 1. The van der Waals surface area contributed by atoms with Crippen molar-refractivity contribution in [2.24, 2.45) is 5.92 Å². The van der Waals surface area contributed by atoms with Crippen LogP contribution in [0.3, 0.4) is 0 Å². The smallest absolute Gasteiger partial charge is 0.0659 e. The Labute approximate surface area is 84.8 Å². The highest BCUT2D eigenvalue weighted by Crippen LogP contribution is 2.26. The number of benzene rings is 1. The Kier molecular flexibility index (Phi) is 4.15. The van der Waals surface area contributed by atoms with Crippen molar-refractivity contribution in [3.8, 4) is 6.07 Å². The predicted octanol–water partition coefficient (Wildman–Crippen LogP) is 2.31. The highest BCUT2D eigenvalue weighted by molar-refractivity contribution is 5.21. The van der Waals surface area contributed by atoms with E-state index in [-0.39, 0.29) is 18.4 Å². The number of aliphatic hydroxyl groups is 1. The lowest BCUT2D eigenvalue weighted by molar-refractivity contribution is 0.266. The van der Waals surface area contributed by atoms with Crippen LogP contribution in [0.25, 0.3) is 0 Å². The summed E-state index contributed by atoms with van der Waals surface area (Å²) in [6.45, 7) is 2.03. The van der Waals surface area contributed by atoms with E-state index in [1.165, 1.54) is 0 Å². The van der Waals surface area contributed by atoms with Gasteiger partial charge in [0.1, 0.15) is 0 Å². The maximum absolute atomic E-state index is 8.93. The summed E-state index contributed by atoms with van der Waals surface area (Å²) >= 11 is 0. The van der Waals surface area contributed by atoms with E-state index in [2.05, 4.69) is 6.07 Å². The molecule has 1 N–H and O–H groups in total. The first-order valence-corrected chi connectivity index (χ1v) is 4.85. The van der Waals surface area contributed by atoms with E-state index in [1.807, 2.05) is 37.3 Å². The van der Waals surface area contributed by atoms with Gasteiger partial charge in [0.25, 0.3) is 0 Å². The van der Waals surface area contributed by atoms with Gasteiger partial charge in [0.15, 0.2) is 0 Å². The van der Waals surface area contributed by atoms with Crippen molar-refractivity contribution in [1.82, 2.24) is 0 Å². The van der Waals surface area contributed by atoms with Crippen LogP contribution in [0.4, 0.5) is 0 Å². The predicted molar refractivity (Wildman–Crippen MR) is 55.7 cm³/mol. The summed E-state index contributed by atoms with van der Waals surface area (Å²) in [6.07, 6.45) is 0.652. The first-order chi connectivity index (χ1) is 6.79. The molecular weight excluding hydrogens is 174 g/mol. The minimum Gasteiger partial charge on any atom is -0.396 e. The first kappa shape index (κ1) is 10.7. The van der Waals surface area contributed by atoms with Gasteiger partial charge in [-0.2, -0.15) is 5.26 Å². The number of nitrogens with zero attached hydrogens (tertiary/aromatic N) is 1. The first-order valence-electron chi connectivity index (χ1n) is 4.85. The molecule has 0 amide bonds. The lowest BCUT2D eigenvalue weighted by Gasteiger charge is -2.18. The van der Waals surface area contributed by atoms with Crippen LogP contribution in [0.1, 0.15) is 24.8 Å². The Morgan fingerprint density at radius 3 is 2.50 bits per heavy atom. The molecule has 0 fully saturated rings. The Hall–Kier alpha value is -1.33. The number of nitriles is 1. The lowest BCUT2D eigenvalue weighted by atomic mass is 9.86. The third kappa shape index (κ3) is 2.58. The second kappa shape index (κ2) is 5.41. The number of hydrogen-bond donors (Lipinski definition) is 1. The monoisotopic (exact) mass is 189 g/mol. The van der Waals surface area contributed by atoms with Crippen molar-refractivity contribution in [3.63, 3.8) is 0 Å². The zero-order chi connectivity index (χ0) is 10.4. The summed E-state index contributed by atoms with van der Waals surface area (Å²) in [4.78, 5) is 0. The van der Waals surface area contributed by atoms with Crippen LogP contribution >= 0.6 is 0 Å². The second-order valence-corrected chi connectivity index (χ2v) is 3.45. The molecule has 0 aliphatic rings. The van der Waals surface area contributed by atoms with Crippen molar-refractivity contribution >= 4 is 0 Å². The largest absolute Gasteiger partial charge is 0.396 e. The zero-order valence-electron chi connectivity index (χ0n) is 8.35. The van der Waals surface area contributed by atoms with Gasteiger partial charge in [-0.1, -0.05) is 30.3 Å². The zero-order valence-corrected chi connectivity index (χ0v) is 8.35. The maximum atomic E-state index is 8.93. The van der Waals surface area contributed by atoms with E-state index in [9.17, 15) is 0 Å². The fourth-order valence-electron chi connectivity index (χ4n) is 1.63. The third-order valence-corrected chi connectivity index (χ3v) is 2.48. The summed E-state index contributed by atoms with van der Waals surface area (Å²) in [5.41, 5.74) is 1.13. The molecule has 1 aromatic rings. The molecule has 0 unspecified atom stereocenters. The average molecular weight is 189 g/mol. The van der Waals surface area contributed by atoms with Crippen LogP contribution in [0.5, 0.6) is 0 Å². The van der Waals surface area contributed by atoms with Gasteiger partial charge in [-0.15, -0.1) is 0 Å². The molecule has 0 radical (unpaired) electrons. The maximum Gasteiger partial charge on any atom is 0.0659 e. The van der Waals surface area contributed by atoms with Crippen LogP contribution in [-0.2, 0) is 0 Å². The molecule has 0 aliphatic carbocycles. The molecule has 0 aromatic heterocycles. The van der Waals surface area contributed by atoms with Gasteiger partial charge < -0.3 is 5.11 Å². The van der Waals surface area contributed by atoms with Crippen LogP contribution in [0, 0.1) is 17.2 Å². The van der Waals surface area contributed by atoms with Gasteiger partial charge in [0.05, 0.1) is 12.0 Å². The average Bonchev–Trinajstić information content (AvgIpc) is 2.26. The summed E-state index contributed by atoms with van der Waals surface area (Å²) < 4.78 is 0. The van der Waals surface area contributed by atoms with E-state index in [1.54, 1.807) is 0 Å². The quantitative estimate of drug-likeness (QED) is 0.789. The Morgan fingerprint density at radius 2 is 2.00 bits per heavy atom. The summed E-state index contributed by atoms with van der Waals surface area (Å²) in [7, 11) is 0. The van der Waals surface area contributed by atoms with E-state index in [0.717, 1.165) is 5.56 Å². The Bertz CT molecular complexity index is 302. The normalized spacial score (nSPS) is 14.4. The topological polar surface area (TPSA) is 44.0 Å². The molecule has 2 atom stereocenters. The molecule has 0 bridgehead atoms. The molecule has 1 aromatic carbocycles. The van der Waals surface area contributed by atoms with Crippen molar-refractivity contribution in [2.45, 2.75) is 19.3 Å². The van der Waals surface area contributed by atoms with Gasteiger partial charge in [-0.3, -0.25) is 0 Å². The fraction of sp³-hybridized carbons (Fsp3) is 0.417. The standard InChI is InChI=1S/C12H15NO/c1-10(9-13)12(7-8-14)11-5-3-2-4-6-11/h2-6,10,12,14H,7-8H2,1H3/t10-,12-/m0/s1. The minimum atomic E-state index is -0.0513. The van der Waals surface area contributed by atoms with Crippen LogP contribution < -0.4 is 0 Å². The molecule has 0 aliphatic heterocycles. The fourth-order valence-corrected chi connectivity index (χ4v) is 1.63. The van der Waals surface area contributed by atoms with E-state index < -0.39 is 0 Å². The van der Waals surface area contributed by atoms with Gasteiger partial charge in [0.2, 0.25) is 0 Å². The van der Waals surface area contributed by atoms with Gasteiger partial charge in [-0.05, 0) is 18.9 Å². The summed E-state index contributed by atoms with van der Waals surface area (Å²) in [5.74, 6) is 0.0933. The third-order valence-electron chi connectivity index (χ3n) is 2.48. The van der Waals surface area contributed by atoms with Crippen molar-refractivity contribution < 1.29 is 5.11 Å². The van der Waals surface area contributed by atoms with Crippen LogP contribution in [0.2, 0.25) is 0 Å². The SMILES string of the molecule is C[C@@H](C#N)[C@H](CCO)c1ccccc1. The molecule has 2 nitrogen and oxygen atoms in total. The number of rotatable bonds is 4. The Morgan fingerprint density at radius 1 is 1.36 bits per heavy atom. The molecule has 14 heavy (non-hydrogen) atoms. The van der Waals surface area contributed by atoms with E-state index in [0.29, 0.717) is 6.42 Å². The van der Waals surface area contributed by atoms with Gasteiger partial charge >= 0.3 is 0 Å². The van der Waals surface area contributed by atoms with Gasteiger partial charge in [0, 0.05) is 12.5 Å². The minimum absolute atomic E-state index is 0.0513.